The van der Waals surface area contributed by atoms with Crippen LogP contribution >= 0.6 is 0 Å². The summed E-state index contributed by atoms with van der Waals surface area (Å²) in [4.78, 5) is 2.85. The van der Waals surface area contributed by atoms with Crippen LogP contribution in [-0.2, 0) is 6.42 Å². The molecular weight excluding hydrogens is 202 g/mol. The second-order valence-corrected chi connectivity index (χ2v) is 4.35. The second-order valence-electron chi connectivity index (χ2n) is 4.35. The van der Waals surface area contributed by atoms with Crippen LogP contribution in [0.2, 0.25) is 0 Å². The minimum absolute atomic E-state index is 0.335. The molecule has 0 aliphatic carbocycles. The fraction of sp³-hybridized carbons (Fsp3) is 0.500. The standard InChI is InChI=1S/C12H17N3O/c1-12(2,14-15-13)8-7-10-5-4-6-11(9-10)16-3/h4-6,9H,7-8H2,1-3H3. The van der Waals surface area contributed by atoms with Gasteiger partial charge in [0.2, 0.25) is 0 Å². The number of hydrogen-bond donors (Lipinski definition) is 0. The van der Waals surface area contributed by atoms with Gasteiger partial charge in [-0.05, 0) is 36.1 Å². The van der Waals surface area contributed by atoms with Crippen LogP contribution in [0.5, 0.6) is 5.75 Å². The molecule has 0 unspecified atom stereocenters. The van der Waals surface area contributed by atoms with Crippen molar-refractivity contribution in [3.05, 3.63) is 40.3 Å². The Hall–Kier alpha value is -1.67. The Kier molecular flexibility index (Phi) is 4.20. The third-order valence-electron chi connectivity index (χ3n) is 2.48. The molecule has 0 fully saturated rings. The summed E-state index contributed by atoms with van der Waals surface area (Å²) in [5, 5.41) is 3.76. The van der Waals surface area contributed by atoms with E-state index in [2.05, 4.69) is 16.1 Å². The van der Waals surface area contributed by atoms with E-state index in [9.17, 15) is 0 Å². The van der Waals surface area contributed by atoms with Gasteiger partial charge < -0.3 is 4.74 Å². The molecule has 1 aromatic rings. The topological polar surface area (TPSA) is 58.0 Å². The van der Waals surface area contributed by atoms with Crippen LogP contribution in [0, 0.1) is 0 Å². The molecule has 0 atom stereocenters. The molecule has 0 spiro atoms. The van der Waals surface area contributed by atoms with Gasteiger partial charge in [-0.25, -0.2) is 0 Å². The molecule has 4 heteroatoms. The molecule has 0 bridgehead atoms. The van der Waals surface area contributed by atoms with E-state index in [1.54, 1.807) is 7.11 Å². The van der Waals surface area contributed by atoms with Crippen molar-refractivity contribution in [3.8, 4) is 5.75 Å². The molecular formula is C12H17N3O. The monoisotopic (exact) mass is 219 g/mol. The van der Waals surface area contributed by atoms with E-state index < -0.39 is 0 Å². The number of rotatable bonds is 5. The number of benzene rings is 1. The molecule has 0 radical (unpaired) electrons. The lowest BCUT2D eigenvalue weighted by Crippen LogP contribution is -2.16. The molecule has 0 heterocycles. The fourth-order valence-corrected chi connectivity index (χ4v) is 1.45. The third-order valence-corrected chi connectivity index (χ3v) is 2.48. The van der Waals surface area contributed by atoms with Crippen molar-refractivity contribution < 1.29 is 4.74 Å². The summed E-state index contributed by atoms with van der Waals surface area (Å²) in [6.45, 7) is 3.87. The first-order chi connectivity index (χ1) is 7.57. The summed E-state index contributed by atoms with van der Waals surface area (Å²) in [5.74, 6) is 0.860. The second kappa shape index (κ2) is 5.42. The maximum atomic E-state index is 8.42. The predicted molar refractivity (Wildman–Crippen MR) is 64.5 cm³/mol. The minimum Gasteiger partial charge on any atom is -0.497 e. The predicted octanol–water partition coefficient (Wildman–Crippen LogP) is 3.72. The van der Waals surface area contributed by atoms with Crippen LogP contribution in [0.4, 0.5) is 0 Å². The van der Waals surface area contributed by atoms with Gasteiger partial charge in [-0.2, -0.15) is 0 Å². The molecule has 0 amide bonds. The smallest absolute Gasteiger partial charge is 0.119 e. The normalized spacial score (nSPS) is 10.7. The first-order valence-corrected chi connectivity index (χ1v) is 5.26. The number of hydrogen-bond acceptors (Lipinski definition) is 2. The van der Waals surface area contributed by atoms with Crippen molar-refractivity contribution >= 4 is 0 Å². The Balaban J connectivity index is 2.63. The molecule has 16 heavy (non-hydrogen) atoms. The third kappa shape index (κ3) is 3.83. The summed E-state index contributed by atoms with van der Waals surface area (Å²) in [6.07, 6.45) is 1.70. The van der Waals surface area contributed by atoms with E-state index in [4.69, 9.17) is 10.3 Å². The Bertz CT molecular complexity index is 395. The lowest BCUT2D eigenvalue weighted by molar-refractivity contribution is 0.413. The quantitative estimate of drug-likeness (QED) is 0.423. The number of azide groups is 1. The molecule has 0 saturated carbocycles. The lowest BCUT2D eigenvalue weighted by Gasteiger charge is -2.17. The van der Waals surface area contributed by atoms with Crippen LogP contribution in [-0.4, -0.2) is 12.6 Å². The van der Waals surface area contributed by atoms with E-state index >= 15 is 0 Å². The SMILES string of the molecule is COc1cccc(CCC(C)(C)N=[N+]=[N-])c1. The molecule has 1 aromatic carbocycles. The average molecular weight is 219 g/mol. The average Bonchev–Trinajstić information content (AvgIpc) is 2.27. The Morgan fingerprint density at radius 2 is 2.19 bits per heavy atom. The van der Waals surface area contributed by atoms with E-state index in [1.807, 2.05) is 32.0 Å². The van der Waals surface area contributed by atoms with Crippen molar-refractivity contribution in [2.24, 2.45) is 5.11 Å². The van der Waals surface area contributed by atoms with E-state index in [1.165, 1.54) is 5.56 Å². The number of methoxy groups -OCH3 is 1. The van der Waals surface area contributed by atoms with Gasteiger partial charge in [0.1, 0.15) is 5.75 Å². The van der Waals surface area contributed by atoms with Crippen molar-refractivity contribution in [3.63, 3.8) is 0 Å². The van der Waals surface area contributed by atoms with Gasteiger partial charge in [-0.3, -0.25) is 0 Å². The zero-order valence-electron chi connectivity index (χ0n) is 9.97. The van der Waals surface area contributed by atoms with Crippen molar-refractivity contribution in [2.45, 2.75) is 32.2 Å². The maximum absolute atomic E-state index is 8.42. The fourth-order valence-electron chi connectivity index (χ4n) is 1.45. The zero-order chi connectivity index (χ0) is 12.0. The largest absolute Gasteiger partial charge is 0.497 e. The highest BCUT2D eigenvalue weighted by Gasteiger charge is 2.15. The van der Waals surface area contributed by atoms with Gasteiger partial charge in [-0.15, -0.1) is 0 Å². The van der Waals surface area contributed by atoms with E-state index in [0.717, 1.165) is 18.6 Å². The lowest BCUT2D eigenvalue weighted by atomic mass is 9.96. The number of nitrogens with zero attached hydrogens (tertiary/aromatic N) is 3. The van der Waals surface area contributed by atoms with Gasteiger partial charge in [0, 0.05) is 10.5 Å². The highest BCUT2D eigenvalue weighted by atomic mass is 16.5. The number of ether oxygens (including phenoxy) is 1. The Morgan fingerprint density at radius 1 is 1.44 bits per heavy atom. The molecule has 86 valence electrons. The first kappa shape index (κ1) is 12.4. The summed E-state index contributed by atoms with van der Waals surface area (Å²) in [7, 11) is 1.66. The van der Waals surface area contributed by atoms with Crippen molar-refractivity contribution in [1.29, 1.82) is 0 Å². The van der Waals surface area contributed by atoms with Crippen LogP contribution in [0.3, 0.4) is 0 Å². The van der Waals surface area contributed by atoms with Crippen LogP contribution in [0.25, 0.3) is 10.4 Å². The summed E-state index contributed by atoms with van der Waals surface area (Å²) in [5.41, 5.74) is 9.28. The molecule has 1 rings (SSSR count). The Morgan fingerprint density at radius 3 is 2.81 bits per heavy atom. The molecule has 0 N–H and O–H groups in total. The van der Waals surface area contributed by atoms with Gasteiger partial charge in [-0.1, -0.05) is 31.1 Å². The Labute approximate surface area is 95.9 Å². The number of aryl methyl sites for hydroxylation is 1. The van der Waals surface area contributed by atoms with Crippen LogP contribution in [0.15, 0.2) is 29.4 Å². The van der Waals surface area contributed by atoms with E-state index in [-0.39, 0.29) is 5.54 Å². The molecule has 0 aliphatic heterocycles. The van der Waals surface area contributed by atoms with Crippen LogP contribution < -0.4 is 4.74 Å². The van der Waals surface area contributed by atoms with Crippen molar-refractivity contribution in [2.75, 3.05) is 7.11 Å². The van der Waals surface area contributed by atoms with Gasteiger partial charge in [0.15, 0.2) is 0 Å². The highest BCUT2D eigenvalue weighted by molar-refractivity contribution is 5.28. The molecule has 0 aromatic heterocycles. The maximum Gasteiger partial charge on any atom is 0.119 e. The zero-order valence-corrected chi connectivity index (χ0v) is 9.97. The highest BCUT2D eigenvalue weighted by Crippen LogP contribution is 2.20. The van der Waals surface area contributed by atoms with Gasteiger partial charge >= 0.3 is 0 Å². The van der Waals surface area contributed by atoms with Crippen molar-refractivity contribution in [1.82, 2.24) is 0 Å². The summed E-state index contributed by atoms with van der Waals surface area (Å²) in [6, 6.07) is 7.94. The minimum atomic E-state index is -0.335. The molecule has 0 aliphatic rings. The van der Waals surface area contributed by atoms with Gasteiger partial charge in [0.05, 0.1) is 7.11 Å². The summed E-state index contributed by atoms with van der Waals surface area (Å²) >= 11 is 0. The van der Waals surface area contributed by atoms with Crippen LogP contribution in [0.1, 0.15) is 25.8 Å². The molecule has 4 nitrogen and oxygen atoms in total. The summed E-state index contributed by atoms with van der Waals surface area (Å²) < 4.78 is 5.15. The van der Waals surface area contributed by atoms with Gasteiger partial charge in [0.25, 0.3) is 0 Å². The first-order valence-electron chi connectivity index (χ1n) is 5.26. The molecule has 0 saturated heterocycles. The van der Waals surface area contributed by atoms with E-state index in [0.29, 0.717) is 0 Å².